The molecule has 0 aromatic heterocycles. The fourth-order valence-electron chi connectivity index (χ4n) is 1.96. The lowest BCUT2D eigenvalue weighted by Gasteiger charge is -2.13. The first kappa shape index (κ1) is 14.1. The summed E-state index contributed by atoms with van der Waals surface area (Å²) >= 11 is 3.54. The Morgan fingerprint density at radius 2 is 1.95 bits per heavy atom. The van der Waals surface area contributed by atoms with E-state index in [1.165, 1.54) is 5.56 Å². The van der Waals surface area contributed by atoms with Crippen LogP contribution >= 0.6 is 15.9 Å². The molecule has 2 aromatic rings. The smallest absolute Gasteiger partial charge is 0.130 e. The maximum absolute atomic E-state index is 5.95. The van der Waals surface area contributed by atoms with Gasteiger partial charge in [-0.25, -0.2) is 0 Å². The Bertz CT molecular complexity index is 566. The van der Waals surface area contributed by atoms with E-state index in [2.05, 4.69) is 28.9 Å². The van der Waals surface area contributed by atoms with Crippen LogP contribution in [0.15, 0.2) is 46.9 Å². The molecule has 2 aromatic carbocycles. The first-order valence-electron chi connectivity index (χ1n) is 6.42. The third kappa shape index (κ3) is 3.37. The van der Waals surface area contributed by atoms with Crippen LogP contribution in [0, 0.1) is 0 Å². The minimum absolute atomic E-state index is 0.00588. The van der Waals surface area contributed by atoms with E-state index in [4.69, 9.17) is 10.5 Å². The first-order valence-corrected chi connectivity index (χ1v) is 7.22. The van der Waals surface area contributed by atoms with E-state index < -0.39 is 0 Å². The molecule has 19 heavy (non-hydrogen) atoms. The fraction of sp³-hybridized carbons (Fsp3) is 0.250. The molecule has 0 amide bonds. The Labute approximate surface area is 122 Å². The summed E-state index contributed by atoms with van der Waals surface area (Å²) in [6.07, 6.45) is 0.954. The molecule has 100 valence electrons. The number of rotatable bonds is 4. The normalized spacial score (nSPS) is 12.2. The molecule has 0 aliphatic carbocycles. The van der Waals surface area contributed by atoms with Crippen LogP contribution in [-0.4, -0.2) is 0 Å². The SMILES string of the molecule is CCc1ccccc1Oc1ccc(C(C)N)c(Br)c1. The predicted molar refractivity (Wildman–Crippen MR) is 82.6 cm³/mol. The number of halogens is 1. The molecular formula is C16H18BrNO. The van der Waals surface area contributed by atoms with Gasteiger partial charge in [0.1, 0.15) is 11.5 Å². The molecule has 3 heteroatoms. The molecule has 0 spiro atoms. The van der Waals surface area contributed by atoms with E-state index in [1.54, 1.807) is 0 Å². The van der Waals surface area contributed by atoms with Crippen molar-refractivity contribution in [3.8, 4) is 11.5 Å². The van der Waals surface area contributed by atoms with Crippen LogP contribution in [0.4, 0.5) is 0 Å². The summed E-state index contributed by atoms with van der Waals surface area (Å²) in [5.41, 5.74) is 8.18. The van der Waals surface area contributed by atoms with Gasteiger partial charge in [0.2, 0.25) is 0 Å². The third-order valence-electron chi connectivity index (χ3n) is 3.04. The number of hydrogen-bond donors (Lipinski definition) is 1. The van der Waals surface area contributed by atoms with Gasteiger partial charge in [0.25, 0.3) is 0 Å². The summed E-state index contributed by atoms with van der Waals surface area (Å²) in [6.45, 7) is 4.09. The molecule has 0 fully saturated rings. The Kier molecular flexibility index (Phi) is 4.61. The van der Waals surface area contributed by atoms with Gasteiger partial charge in [-0.3, -0.25) is 0 Å². The minimum atomic E-state index is 0.00588. The van der Waals surface area contributed by atoms with Gasteiger partial charge in [0, 0.05) is 10.5 Å². The highest BCUT2D eigenvalue weighted by Gasteiger charge is 2.08. The molecule has 0 heterocycles. The van der Waals surface area contributed by atoms with Gasteiger partial charge in [-0.05, 0) is 42.7 Å². The zero-order valence-corrected chi connectivity index (χ0v) is 12.8. The highest BCUT2D eigenvalue weighted by Crippen LogP contribution is 2.31. The van der Waals surface area contributed by atoms with Crippen molar-refractivity contribution < 1.29 is 4.74 Å². The summed E-state index contributed by atoms with van der Waals surface area (Å²) < 4.78 is 6.93. The molecule has 0 radical (unpaired) electrons. The van der Waals surface area contributed by atoms with Gasteiger partial charge in [-0.15, -0.1) is 0 Å². The number of nitrogens with two attached hydrogens (primary N) is 1. The second-order valence-corrected chi connectivity index (χ2v) is 5.39. The predicted octanol–water partition coefficient (Wildman–Crippen LogP) is 4.82. The van der Waals surface area contributed by atoms with Crippen LogP contribution in [-0.2, 0) is 6.42 Å². The second-order valence-electron chi connectivity index (χ2n) is 4.54. The summed E-state index contributed by atoms with van der Waals surface area (Å²) in [5, 5.41) is 0. The molecule has 2 nitrogen and oxygen atoms in total. The van der Waals surface area contributed by atoms with E-state index in [1.807, 2.05) is 43.3 Å². The second kappa shape index (κ2) is 6.22. The molecule has 2 rings (SSSR count). The standard InChI is InChI=1S/C16H18BrNO/c1-3-12-6-4-5-7-16(12)19-13-8-9-14(11(2)18)15(17)10-13/h4-11H,3,18H2,1-2H3. The number of para-hydroxylation sites is 1. The van der Waals surface area contributed by atoms with Crippen LogP contribution in [0.5, 0.6) is 11.5 Å². The molecule has 0 bridgehead atoms. The maximum atomic E-state index is 5.95. The largest absolute Gasteiger partial charge is 0.457 e. The van der Waals surface area contributed by atoms with Crippen LogP contribution < -0.4 is 10.5 Å². The van der Waals surface area contributed by atoms with E-state index in [-0.39, 0.29) is 6.04 Å². The average molecular weight is 320 g/mol. The van der Waals surface area contributed by atoms with E-state index in [9.17, 15) is 0 Å². The Hall–Kier alpha value is -1.32. The van der Waals surface area contributed by atoms with E-state index in [0.29, 0.717) is 0 Å². The van der Waals surface area contributed by atoms with Crippen molar-refractivity contribution in [3.63, 3.8) is 0 Å². The maximum Gasteiger partial charge on any atom is 0.130 e. The highest BCUT2D eigenvalue weighted by atomic mass is 79.9. The summed E-state index contributed by atoms with van der Waals surface area (Å²) in [7, 11) is 0. The summed E-state index contributed by atoms with van der Waals surface area (Å²) in [6, 6.07) is 14.0. The zero-order chi connectivity index (χ0) is 13.8. The van der Waals surface area contributed by atoms with Gasteiger partial charge >= 0.3 is 0 Å². The Morgan fingerprint density at radius 3 is 2.58 bits per heavy atom. The topological polar surface area (TPSA) is 35.2 Å². The van der Waals surface area contributed by atoms with Crippen LogP contribution in [0.25, 0.3) is 0 Å². The summed E-state index contributed by atoms with van der Waals surface area (Å²) in [4.78, 5) is 0. The van der Waals surface area contributed by atoms with Gasteiger partial charge in [0.15, 0.2) is 0 Å². The molecule has 0 aliphatic heterocycles. The Balaban J connectivity index is 2.26. The zero-order valence-electron chi connectivity index (χ0n) is 11.2. The lowest BCUT2D eigenvalue weighted by atomic mass is 10.1. The van der Waals surface area contributed by atoms with Crippen molar-refractivity contribution in [1.29, 1.82) is 0 Å². The average Bonchev–Trinajstić information content (AvgIpc) is 2.39. The van der Waals surface area contributed by atoms with E-state index in [0.717, 1.165) is 28.0 Å². The van der Waals surface area contributed by atoms with Crippen LogP contribution in [0.1, 0.15) is 31.0 Å². The van der Waals surface area contributed by atoms with Crippen molar-refractivity contribution in [2.45, 2.75) is 26.3 Å². The number of benzene rings is 2. The molecular weight excluding hydrogens is 302 g/mol. The molecule has 0 saturated heterocycles. The molecule has 1 unspecified atom stereocenters. The van der Waals surface area contributed by atoms with Gasteiger partial charge in [-0.2, -0.15) is 0 Å². The van der Waals surface area contributed by atoms with Crippen molar-refractivity contribution in [2.24, 2.45) is 5.73 Å². The quantitative estimate of drug-likeness (QED) is 0.876. The van der Waals surface area contributed by atoms with Crippen LogP contribution in [0.2, 0.25) is 0 Å². The van der Waals surface area contributed by atoms with Crippen LogP contribution in [0.3, 0.4) is 0 Å². The van der Waals surface area contributed by atoms with Gasteiger partial charge in [0.05, 0.1) is 0 Å². The van der Waals surface area contributed by atoms with E-state index >= 15 is 0 Å². The highest BCUT2D eigenvalue weighted by molar-refractivity contribution is 9.10. The molecule has 2 N–H and O–H groups in total. The molecule has 1 atom stereocenters. The number of ether oxygens (including phenoxy) is 1. The minimum Gasteiger partial charge on any atom is -0.457 e. The van der Waals surface area contributed by atoms with Crippen molar-refractivity contribution in [1.82, 2.24) is 0 Å². The van der Waals surface area contributed by atoms with Crippen molar-refractivity contribution in [2.75, 3.05) is 0 Å². The number of hydrogen-bond acceptors (Lipinski definition) is 2. The van der Waals surface area contributed by atoms with Gasteiger partial charge < -0.3 is 10.5 Å². The fourth-order valence-corrected chi connectivity index (χ4v) is 2.68. The van der Waals surface area contributed by atoms with Gasteiger partial charge in [-0.1, -0.05) is 47.1 Å². The first-order chi connectivity index (χ1) is 9.11. The molecule has 0 aliphatic rings. The summed E-state index contributed by atoms with van der Waals surface area (Å²) in [5.74, 6) is 1.72. The molecule has 0 saturated carbocycles. The lowest BCUT2D eigenvalue weighted by Crippen LogP contribution is -2.05. The third-order valence-corrected chi connectivity index (χ3v) is 3.73. The van der Waals surface area contributed by atoms with Crippen molar-refractivity contribution >= 4 is 15.9 Å². The Morgan fingerprint density at radius 1 is 1.21 bits per heavy atom. The monoisotopic (exact) mass is 319 g/mol. The van der Waals surface area contributed by atoms with Crippen molar-refractivity contribution in [3.05, 3.63) is 58.1 Å². The number of aryl methyl sites for hydroxylation is 1. The lowest BCUT2D eigenvalue weighted by molar-refractivity contribution is 0.476.